The van der Waals surface area contributed by atoms with Crippen molar-refractivity contribution in [2.45, 2.75) is 32.6 Å². The molecule has 2 bridgehead atoms. The maximum Gasteiger partial charge on any atom is 0.314 e. The topological polar surface area (TPSA) is 52.6 Å². The van der Waals surface area contributed by atoms with Crippen molar-refractivity contribution in [2.24, 2.45) is 23.7 Å². The molecule has 0 radical (unpaired) electrons. The van der Waals surface area contributed by atoms with Crippen molar-refractivity contribution in [1.29, 1.82) is 0 Å². The molecule has 0 spiro atoms. The quantitative estimate of drug-likeness (QED) is 0.367. The Morgan fingerprint density at radius 3 is 2.08 bits per heavy atom. The predicted molar refractivity (Wildman–Crippen MR) is 104 cm³/mol. The Balaban J connectivity index is 1.63. The fraction of sp³-hybridized carbons (Fsp3) is 0.556. The van der Waals surface area contributed by atoms with Crippen LogP contribution in [0.4, 0.5) is 0 Å². The molecule has 2 aliphatic carbocycles. The van der Waals surface area contributed by atoms with Gasteiger partial charge in [0.25, 0.3) is 0 Å². The summed E-state index contributed by atoms with van der Waals surface area (Å²) >= 11 is 10.3. The van der Waals surface area contributed by atoms with Gasteiger partial charge in [-0.25, -0.2) is 0 Å². The molecule has 3 rings (SSSR count). The van der Waals surface area contributed by atoms with Crippen LogP contribution in [0.15, 0.2) is 25.6 Å². The highest BCUT2D eigenvalue weighted by Gasteiger charge is 2.52. The van der Waals surface area contributed by atoms with Crippen LogP contribution in [0.2, 0.25) is 0 Å². The molecule has 0 saturated heterocycles. The third-order valence-corrected chi connectivity index (χ3v) is 6.71. The Kier molecular flexibility index (Phi) is 6.27. The normalized spacial score (nSPS) is 27.4. The lowest BCUT2D eigenvalue weighted by Gasteiger charge is -2.25. The average molecular weight is 539 g/mol. The van der Waals surface area contributed by atoms with Gasteiger partial charge in [0.15, 0.2) is 5.75 Å². The zero-order chi connectivity index (χ0) is 18.1. The van der Waals surface area contributed by atoms with Crippen molar-refractivity contribution >= 4 is 59.7 Å². The highest BCUT2D eigenvalue weighted by molar-refractivity contribution is 9.11. The summed E-state index contributed by atoms with van der Waals surface area (Å²) in [6.07, 6.45) is 3.18. The third kappa shape index (κ3) is 4.14. The van der Waals surface area contributed by atoms with Gasteiger partial charge in [-0.15, -0.1) is 0 Å². The van der Waals surface area contributed by atoms with E-state index in [1.54, 1.807) is 0 Å². The van der Waals surface area contributed by atoms with Gasteiger partial charge in [0.05, 0.1) is 27.4 Å². The standard InChI is InChI=1S/C18H19Br3O4/c1-2-3-24-17(22)12-5-10-4-9(12)6-13(10)18(23)25-16-14(20)7-11(19)8-15(16)21/h7-10,12-13H,2-6H2,1H3. The van der Waals surface area contributed by atoms with Gasteiger partial charge < -0.3 is 9.47 Å². The molecule has 0 aliphatic heterocycles. The van der Waals surface area contributed by atoms with Crippen molar-refractivity contribution in [2.75, 3.05) is 6.61 Å². The zero-order valence-corrected chi connectivity index (χ0v) is 18.5. The summed E-state index contributed by atoms with van der Waals surface area (Å²) in [5, 5.41) is 0. The van der Waals surface area contributed by atoms with Gasteiger partial charge in [0.2, 0.25) is 0 Å². The highest BCUT2D eigenvalue weighted by Crippen LogP contribution is 2.52. The minimum atomic E-state index is -0.211. The molecule has 1 aromatic rings. The lowest BCUT2D eigenvalue weighted by molar-refractivity contribution is -0.152. The number of esters is 2. The van der Waals surface area contributed by atoms with Crippen LogP contribution in [0.3, 0.4) is 0 Å². The Morgan fingerprint density at radius 2 is 1.56 bits per heavy atom. The minimum Gasteiger partial charge on any atom is -0.465 e. The Morgan fingerprint density at radius 1 is 1.00 bits per heavy atom. The maximum absolute atomic E-state index is 12.7. The van der Waals surface area contributed by atoms with Gasteiger partial charge >= 0.3 is 11.9 Å². The molecule has 0 aromatic heterocycles. The van der Waals surface area contributed by atoms with E-state index in [0.717, 1.165) is 23.7 Å². The first-order valence-corrected chi connectivity index (χ1v) is 10.8. The summed E-state index contributed by atoms with van der Waals surface area (Å²) in [6.45, 7) is 2.46. The number of benzene rings is 1. The summed E-state index contributed by atoms with van der Waals surface area (Å²) in [5.41, 5.74) is 0. The smallest absolute Gasteiger partial charge is 0.314 e. The van der Waals surface area contributed by atoms with Gasteiger partial charge in [0, 0.05) is 4.47 Å². The summed E-state index contributed by atoms with van der Waals surface area (Å²) in [4.78, 5) is 24.8. The molecule has 2 aliphatic rings. The van der Waals surface area contributed by atoms with Crippen LogP contribution in [0, 0.1) is 23.7 Å². The van der Waals surface area contributed by atoms with Crippen LogP contribution in [-0.4, -0.2) is 18.5 Å². The number of ether oxygens (including phenoxy) is 2. The molecule has 4 unspecified atom stereocenters. The molecule has 1 aromatic carbocycles. The largest absolute Gasteiger partial charge is 0.465 e. The molecular formula is C18H19Br3O4. The molecule has 2 saturated carbocycles. The zero-order valence-electron chi connectivity index (χ0n) is 13.8. The van der Waals surface area contributed by atoms with E-state index in [9.17, 15) is 9.59 Å². The fourth-order valence-electron chi connectivity index (χ4n) is 3.97. The van der Waals surface area contributed by atoms with E-state index in [-0.39, 0.29) is 35.6 Å². The van der Waals surface area contributed by atoms with Crippen LogP contribution in [0.5, 0.6) is 5.75 Å². The third-order valence-electron chi connectivity index (χ3n) is 5.08. The minimum absolute atomic E-state index is 0.0493. The SMILES string of the molecule is CCCOC(=O)C1CC2CC1CC2C(=O)Oc1c(Br)cc(Br)cc1Br. The molecule has 4 nitrogen and oxygen atoms in total. The summed E-state index contributed by atoms with van der Waals surface area (Å²) in [7, 11) is 0. The van der Waals surface area contributed by atoms with E-state index in [2.05, 4.69) is 47.8 Å². The van der Waals surface area contributed by atoms with E-state index < -0.39 is 0 Å². The van der Waals surface area contributed by atoms with E-state index in [1.165, 1.54) is 0 Å². The van der Waals surface area contributed by atoms with E-state index >= 15 is 0 Å². The number of hydrogen-bond acceptors (Lipinski definition) is 4. The molecule has 0 N–H and O–H groups in total. The molecule has 25 heavy (non-hydrogen) atoms. The highest BCUT2D eigenvalue weighted by atomic mass is 79.9. The monoisotopic (exact) mass is 536 g/mol. The molecule has 0 heterocycles. The molecular weight excluding hydrogens is 520 g/mol. The fourth-order valence-corrected chi connectivity index (χ4v) is 6.39. The van der Waals surface area contributed by atoms with Crippen molar-refractivity contribution in [1.82, 2.24) is 0 Å². The van der Waals surface area contributed by atoms with Crippen molar-refractivity contribution < 1.29 is 19.1 Å². The van der Waals surface area contributed by atoms with Gasteiger partial charge in [-0.05, 0) is 81.5 Å². The maximum atomic E-state index is 12.7. The van der Waals surface area contributed by atoms with Gasteiger partial charge in [-0.3, -0.25) is 9.59 Å². The number of rotatable bonds is 5. The Labute approximate surface area is 172 Å². The molecule has 2 fully saturated rings. The van der Waals surface area contributed by atoms with Gasteiger partial charge in [0.1, 0.15) is 0 Å². The molecule has 4 atom stereocenters. The van der Waals surface area contributed by atoms with Crippen LogP contribution in [0.1, 0.15) is 32.6 Å². The van der Waals surface area contributed by atoms with E-state index in [1.807, 2.05) is 19.1 Å². The Bertz CT molecular complexity index is 668. The Hall–Kier alpha value is -0.400. The lowest BCUT2D eigenvalue weighted by Crippen LogP contribution is -2.31. The summed E-state index contributed by atoms with van der Waals surface area (Å²) in [5.74, 6) is 0.453. The lowest BCUT2D eigenvalue weighted by atomic mass is 9.82. The second-order valence-electron chi connectivity index (χ2n) is 6.73. The second-order valence-corrected chi connectivity index (χ2v) is 9.35. The number of halogens is 3. The number of carbonyl (C=O) groups excluding carboxylic acids is 2. The van der Waals surface area contributed by atoms with Crippen LogP contribution in [-0.2, 0) is 14.3 Å². The first-order valence-electron chi connectivity index (χ1n) is 8.43. The first-order chi connectivity index (χ1) is 11.9. The van der Waals surface area contributed by atoms with Crippen molar-refractivity contribution in [3.63, 3.8) is 0 Å². The van der Waals surface area contributed by atoms with Crippen LogP contribution >= 0.6 is 47.8 Å². The van der Waals surface area contributed by atoms with Crippen LogP contribution in [0.25, 0.3) is 0 Å². The number of carbonyl (C=O) groups is 2. The molecule has 7 heteroatoms. The van der Waals surface area contributed by atoms with Crippen molar-refractivity contribution in [3.05, 3.63) is 25.6 Å². The first kappa shape index (κ1) is 19.4. The van der Waals surface area contributed by atoms with Gasteiger partial charge in [-0.1, -0.05) is 22.9 Å². The number of hydrogen-bond donors (Lipinski definition) is 0. The summed E-state index contributed by atoms with van der Waals surface area (Å²) in [6, 6.07) is 3.68. The van der Waals surface area contributed by atoms with Crippen LogP contribution < -0.4 is 4.74 Å². The van der Waals surface area contributed by atoms with Crippen molar-refractivity contribution in [3.8, 4) is 5.75 Å². The van der Waals surface area contributed by atoms with E-state index in [4.69, 9.17) is 9.47 Å². The summed E-state index contributed by atoms with van der Waals surface area (Å²) < 4.78 is 13.3. The number of fused-ring (bicyclic) bond motifs is 2. The van der Waals surface area contributed by atoms with E-state index in [0.29, 0.717) is 27.7 Å². The molecule has 0 amide bonds. The van der Waals surface area contributed by atoms with Gasteiger partial charge in [-0.2, -0.15) is 0 Å². The predicted octanol–water partition coefficient (Wildman–Crippen LogP) is 5.50. The second kappa shape index (κ2) is 8.09. The average Bonchev–Trinajstić information content (AvgIpc) is 3.16. The molecule has 136 valence electrons.